The second-order valence-electron chi connectivity index (χ2n) is 17.6. The van der Waals surface area contributed by atoms with Gasteiger partial charge in [-0.1, -0.05) is 214 Å². The molecule has 2 aliphatic rings. The van der Waals surface area contributed by atoms with Gasteiger partial charge in [-0.2, -0.15) is 0 Å². The highest BCUT2D eigenvalue weighted by Crippen LogP contribution is 2.52. The number of esters is 2. The topological polar surface area (TPSA) is 52.6 Å². The Hall–Kier alpha value is -1.06. The largest absolute Gasteiger partial charge is 0.465 e. The van der Waals surface area contributed by atoms with Crippen LogP contribution in [0.2, 0.25) is 0 Å². The van der Waals surface area contributed by atoms with E-state index in [1.165, 1.54) is 148 Å². The molecule has 0 aromatic rings. The lowest BCUT2D eigenvalue weighted by atomic mass is 9.57. The van der Waals surface area contributed by atoms with E-state index in [1.54, 1.807) is 0 Å². The van der Waals surface area contributed by atoms with Gasteiger partial charge in [-0.05, 0) is 49.4 Å². The number of fused-ring (bicyclic) bond motifs is 1. The first kappa shape index (κ1) is 45.1. The zero-order valence-corrected chi connectivity index (χ0v) is 34.2. The second-order valence-corrected chi connectivity index (χ2v) is 17.6. The first-order chi connectivity index (χ1) is 24.4. The maximum atomic E-state index is 13.8. The summed E-state index contributed by atoms with van der Waals surface area (Å²) in [6.45, 7) is 10.2. The minimum atomic E-state index is -1.06. The summed E-state index contributed by atoms with van der Waals surface area (Å²) < 4.78 is 11.9. The molecule has 0 bridgehead atoms. The predicted octanol–water partition coefficient (Wildman–Crippen LogP) is 14.5. The van der Waals surface area contributed by atoms with Gasteiger partial charge in [0.2, 0.25) is 0 Å². The lowest BCUT2D eigenvalue weighted by Gasteiger charge is -2.46. The van der Waals surface area contributed by atoms with Crippen LogP contribution in [0.3, 0.4) is 0 Å². The van der Waals surface area contributed by atoms with Crippen molar-refractivity contribution in [2.24, 2.45) is 29.1 Å². The number of rotatable bonds is 32. The van der Waals surface area contributed by atoms with Crippen LogP contribution in [-0.4, -0.2) is 25.2 Å². The number of unbranched alkanes of at least 4 members (excludes halogenated alkanes) is 22. The molecule has 2 aliphatic carbocycles. The van der Waals surface area contributed by atoms with Gasteiger partial charge in [0.25, 0.3) is 0 Å². The smallest absolute Gasteiger partial charge is 0.323 e. The van der Waals surface area contributed by atoms with Gasteiger partial charge >= 0.3 is 11.9 Å². The van der Waals surface area contributed by atoms with Crippen molar-refractivity contribution in [1.29, 1.82) is 0 Å². The van der Waals surface area contributed by atoms with Gasteiger partial charge in [0.15, 0.2) is 5.41 Å². The highest BCUT2D eigenvalue weighted by molar-refractivity contribution is 6.00. The molecular weight excluding hydrogens is 617 g/mol. The van der Waals surface area contributed by atoms with E-state index in [0.29, 0.717) is 25.6 Å². The van der Waals surface area contributed by atoms with Crippen molar-refractivity contribution >= 4 is 11.9 Å². The van der Waals surface area contributed by atoms with E-state index < -0.39 is 5.41 Å². The Labute approximate surface area is 312 Å². The van der Waals surface area contributed by atoms with Gasteiger partial charge in [0.05, 0.1) is 13.2 Å². The summed E-state index contributed by atoms with van der Waals surface area (Å²) in [6, 6.07) is 0. The van der Waals surface area contributed by atoms with E-state index in [4.69, 9.17) is 9.47 Å². The monoisotopic (exact) mass is 703 g/mol. The average molecular weight is 703 g/mol. The Morgan fingerprint density at radius 3 is 1.16 bits per heavy atom. The third kappa shape index (κ3) is 19.7. The summed E-state index contributed by atoms with van der Waals surface area (Å²) in [4.78, 5) is 27.6. The van der Waals surface area contributed by atoms with Crippen LogP contribution in [0, 0.1) is 29.1 Å². The fourth-order valence-corrected chi connectivity index (χ4v) is 9.05. The number of carbonyl (C=O) groups excluding carboxylic acids is 2. The minimum absolute atomic E-state index is 0.102. The van der Waals surface area contributed by atoms with E-state index in [-0.39, 0.29) is 17.9 Å². The van der Waals surface area contributed by atoms with Crippen LogP contribution in [0.25, 0.3) is 0 Å². The van der Waals surface area contributed by atoms with Gasteiger partial charge < -0.3 is 9.47 Å². The summed E-state index contributed by atoms with van der Waals surface area (Å²) in [5.74, 6) is 1.73. The molecule has 2 rings (SSSR count). The summed E-state index contributed by atoms with van der Waals surface area (Å²) in [5.41, 5.74) is -1.06. The number of ether oxygens (including phenoxy) is 2. The molecule has 4 nitrogen and oxygen atoms in total. The summed E-state index contributed by atoms with van der Waals surface area (Å²) >= 11 is 0. The van der Waals surface area contributed by atoms with E-state index in [9.17, 15) is 9.59 Å². The molecule has 0 heterocycles. The summed E-state index contributed by atoms with van der Waals surface area (Å²) in [7, 11) is 0. The first-order valence-corrected chi connectivity index (χ1v) is 22.7. The molecule has 0 aromatic heterocycles. The third-order valence-corrected chi connectivity index (χ3v) is 12.2. The fourth-order valence-electron chi connectivity index (χ4n) is 9.05. The van der Waals surface area contributed by atoms with Crippen molar-refractivity contribution in [3.63, 3.8) is 0 Å². The van der Waals surface area contributed by atoms with Crippen molar-refractivity contribution in [2.45, 2.75) is 240 Å². The Kier molecular flexibility index (Phi) is 26.5. The van der Waals surface area contributed by atoms with Crippen LogP contribution in [0.1, 0.15) is 240 Å². The standard InChI is InChI=1S/C46H86O4/c1-40(2)32-25-21-17-13-9-5-7-11-15-19-23-29-38-49-44(47)46(37-31-35-42-34-27-28-36-43(42)46)45(48)50-39-30-24-20-16-12-8-6-10-14-18-22-26-33-41(3)4/h40-43H,5-39H2,1-4H3. The van der Waals surface area contributed by atoms with Gasteiger partial charge in [0.1, 0.15) is 0 Å². The lowest BCUT2D eigenvalue weighted by molar-refractivity contribution is -0.184. The molecule has 0 N–H and O–H groups in total. The summed E-state index contributed by atoms with van der Waals surface area (Å²) in [6.07, 6.45) is 41.0. The quantitative estimate of drug-likeness (QED) is 0.0398. The van der Waals surface area contributed by atoms with Crippen molar-refractivity contribution in [2.75, 3.05) is 13.2 Å². The molecule has 2 atom stereocenters. The molecule has 294 valence electrons. The molecule has 2 fully saturated rings. The zero-order chi connectivity index (χ0) is 36.1. The van der Waals surface area contributed by atoms with E-state index in [2.05, 4.69) is 27.7 Å². The zero-order valence-electron chi connectivity index (χ0n) is 34.2. The van der Waals surface area contributed by atoms with Crippen LogP contribution < -0.4 is 0 Å². The fraction of sp³-hybridized carbons (Fsp3) is 0.957. The van der Waals surface area contributed by atoms with Crippen molar-refractivity contribution in [3.05, 3.63) is 0 Å². The molecule has 0 amide bonds. The molecule has 0 spiro atoms. The summed E-state index contributed by atoms with van der Waals surface area (Å²) in [5, 5.41) is 0. The Morgan fingerprint density at radius 1 is 0.460 bits per heavy atom. The average Bonchev–Trinajstić information content (AvgIpc) is 3.10. The molecule has 0 radical (unpaired) electrons. The molecule has 4 heteroatoms. The SMILES string of the molecule is CC(C)CCCCCCCCCCCCCCOC(=O)C1(C(=O)OCCCCCCCCCCCCCCC(C)C)CCCC2CCCCC21. The molecule has 2 unspecified atom stereocenters. The molecule has 0 aliphatic heterocycles. The van der Waals surface area contributed by atoms with Crippen molar-refractivity contribution in [1.82, 2.24) is 0 Å². The Bertz CT molecular complexity index is 767. The maximum Gasteiger partial charge on any atom is 0.323 e. The maximum absolute atomic E-state index is 13.8. The lowest BCUT2D eigenvalue weighted by Crippen LogP contribution is -2.53. The number of carbonyl (C=O) groups is 2. The predicted molar refractivity (Wildman–Crippen MR) is 213 cm³/mol. The molecular formula is C46H86O4. The Balaban J connectivity index is 1.58. The van der Waals surface area contributed by atoms with E-state index in [1.807, 2.05) is 0 Å². The van der Waals surface area contributed by atoms with Gasteiger partial charge in [-0.25, -0.2) is 0 Å². The molecule has 0 aromatic carbocycles. The van der Waals surface area contributed by atoms with Gasteiger partial charge in [-0.3, -0.25) is 9.59 Å². The van der Waals surface area contributed by atoms with Crippen molar-refractivity contribution < 1.29 is 19.1 Å². The highest BCUT2D eigenvalue weighted by Gasteiger charge is 2.58. The molecule has 2 saturated carbocycles. The van der Waals surface area contributed by atoms with Crippen LogP contribution >= 0.6 is 0 Å². The molecule has 0 saturated heterocycles. The first-order valence-electron chi connectivity index (χ1n) is 22.7. The van der Waals surface area contributed by atoms with Crippen LogP contribution in [0.15, 0.2) is 0 Å². The van der Waals surface area contributed by atoms with Crippen LogP contribution in [-0.2, 0) is 19.1 Å². The normalized spacial score (nSPS) is 18.8. The molecule has 50 heavy (non-hydrogen) atoms. The number of hydrogen-bond donors (Lipinski definition) is 0. The van der Waals surface area contributed by atoms with Crippen LogP contribution in [0.4, 0.5) is 0 Å². The highest BCUT2D eigenvalue weighted by atomic mass is 16.6. The third-order valence-electron chi connectivity index (χ3n) is 12.2. The van der Waals surface area contributed by atoms with Crippen molar-refractivity contribution in [3.8, 4) is 0 Å². The van der Waals surface area contributed by atoms with Crippen LogP contribution in [0.5, 0.6) is 0 Å². The van der Waals surface area contributed by atoms with Gasteiger partial charge in [0, 0.05) is 0 Å². The minimum Gasteiger partial charge on any atom is -0.465 e. The number of hydrogen-bond acceptors (Lipinski definition) is 4. The second kappa shape index (κ2) is 29.4. The van der Waals surface area contributed by atoms with E-state index in [0.717, 1.165) is 69.6 Å². The Morgan fingerprint density at radius 2 is 0.780 bits per heavy atom. The van der Waals surface area contributed by atoms with E-state index >= 15 is 0 Å². The van der Waals surface area contributed by atoms with Gasteiger partial charge in [-0.15, -0.1) is 0 Å².